The van der Waals surface area contributed by atoms with Crippen LogP contribution < -0.4 is 4.90 Å². The highest BCUT2D eigenvalue weighted by molar-refractivity contribution is 9.11. The first-order chi connectivity index (χ1) is 19.5. The molecule has 10 nitrogen and oxygen atoms in total. The van der Waals surface area contributed by atoms with E-state index in [1.54, 1.807) is 18.2 Å². The third-order valence-electron chi connectivity index (χ3n) is 7.37. The number of nitrogens with zero attached hydrogens (tertiary/aromatic N) is 4. The number of aliphatic hydroxyl groups excluding tert-OH is 3. The van der Waals surface area contributed by atoms with E-state index in [9.17, 15) is 33.3 Å². The number of ether oxygens (including phenoxy) is 2. The van der Waals surface area contributed by atoms with E-state index in [1.165, 1.54) is 18.2 Å². The van der Waals surface area contributed by atoms with Crippen LogP contribution in [0.15, 0.2) is 45.5 Å². The molecule has 2 fully saturated rings. The lowest BCUT2D eigenvalue weighted by Crippen LogP contribution is -2.64. The van der Waals surface area contributed by atoms with Gasteiger partial charge in [-0.2, -0.15) is 0 Å². The van der Waals surface area contributed by atoms with Crippen LogP contribution in [0.5, 0.6) is 0 Å². The fourth-order valence-electron chi connectivity index (χ4n) is 5.18. The number of hydrogen-bond acceptors (Lipinski definition) is 8. The van der Waals surface area contributed by atoms with Crippen LogP contribution >= 0.6 is 31.9 Å². The maximum atomic E-state index is 14.2. The summed E-state index contributed by atoms with van der Waals surface area (Å²) >= 11 is 6.84. The number of aromatic nitrogens is 3. The van der Waals surface area contributed by atoms with Crippen LogP contribution in [-0.4, -0.2) is 86.5 Å². The number of methoxy groups -OCH3 is 1. The average Bonchev–Trinajstić information content (AvgIpc) is 3.42. The van der Waals surface area contributed by atoms with Gasteiger partial charge in [0.2, 0.25) is 0 Å². The smallest absolute Gasteiger partial charge is 0.259 e. The molecule has 15 heteroatoms. The Bertz CT molecular complexity index is 1400. The van der Waals surface area contributed by atoms with Crippen LogP contribution in [0.3, 0.4) is 0 Å². The van der Waals surface area contributed by atoms with Crippen molar-refractivity contribution in [3.8, 4) is 11.3 Å². The summed E-state index contributed by atoms with van der Waals surface area (Å²) in [5, 5.41) is 39.6. The summed E-state index contributed by atoms with van der Waals surface area (Å²) in [4.78, 5) is 15.6. The van der Waals surface area contributed by atoms with E-state index in [0.29, 0.717) is 27.5 Å². The van der Waals surface area contributed by atoms with E-state index in [4.69, 9.17) is 9.47 Å². The molecule has 5 unspecified atom stereocenters. The molecule has 3 aromatic rings. The molecular formula is C26H25Br2F3N4O6. The zero-order chi connectivity index (χ0) is 29.6. The summed E-state index contributed by atoms with van der Waals surface area (Å²) in [7, 11) is 1.30. The minimum atomic E-state index is -1.63. The molecule has 7 atom stereocenters. The summed E-state index contributed by atoms with van der Waals surface area (Å²) in [5.74, 6) is -5.06. The van der Waals surface area contributed by atoms with Crippen LogP contribution in [0.1, 0.15) is 18.9 Å². The average molecular weight is 706 g/mol. The maximum absolute atomic E-state index is 14.2. The maximum Gasteiger partial charge on any atom is 0.259 e. The SMILES string of the molecule is COC1C(C(=O)N(c2cc(Br)cc(Br)c2)[C@H]2CC[C@@H]2O)OC(CO)C(O)C1n1cc(-c2cc(F)c(F)c(F)c2)nn1. The van der Waals surface area contributed by atoms with E-state index in [2.05, 4.69) is 42.2 Å². The molecule has 1 aromatic heterocycles. The van der Waals surface area contributed by atoms with Gasteiger partial charge in [-0.3, -0.25) is 4.79 Å². The molecule has 220 valence electrons. The zero-order valence-electron chi connectivity index (χ0n) is 21.4. The summed E-state index contributed by atoms with van der Waals surface area (Å²) in [6.45, 7) is -0.664. The van der Waals surface area contributed by atoms with Gasteiger partial charge in [0.1, 0.15) is 30.0 Å². The number of hydrogen-bond donors (Lipinski definition) is 3. The summed E-state index contributed by atoms with van der Waals surface area (Å²) in [6, 6.07) is 4.98. The van der Waals surface area contributed by atoms with Gasteiger partial charge < -0.3 is 29.7 Å². The number of anilines is 1. The normalized spacial score (nSPS) is 27.9. The molecule has 1 aliphatic carbocycles. The summed E-state index contributed by atoms with van der Waals surface area (Å²) < 4.78 is 55.2. The monoisotopic (exact) mass is 704 g/mol. The largest absolute Gasteiger partial charge is 0.394 e. The quantitative estimate of drug-likeness (QED) is 0.320. The van der Waals surface area contributed by atoms with Gasteiger partial charge in [0, 0.05) is 27.3 Å². The number of carbonyl (C=O) groups excluding carboxylic acids is 1. The lowest BCUT2D eigenvalue weighted by molar-refractivity contribution is -0.211. The lowest BCUT2D eigenvalue weighted by Gasteiger charge is -2.47. The highest BCUT2D eigenvalue weighted by Crippen LogP contribution is 2.38. The number of amides is 1. The predicted octanol–water partition coefficient (Wildman–Crippen LogP) is 3.12. The van der Waals surface area contributed by atoms with Gasteiger partial charge in [-0.1, -0.05) is 37.1 Å². The second-order valence-corrected chi connectivity index (χ2v) is 11.7. The fraction of sp³-hybridized carbons (Fsp3) is 0.423. The molecule has 2 heterocycles. The molecule has 0 bridgehead atoms. The number of rotatable bonds is 7. The van der Waals surface area contributed by atoms with E-state index >= 15 is 0 Å². The molecule has 2 aromatic carbocycles. The summed E-state index contributed by atoms with van der Waals surface area (Å²) in [6.07, 6.45) is -3.79. The molecule has 3 N–H and O–H groups in total. The molecule has 41 heavy (non-hydrogen) atoms. The Morgan fingerprint density at radius 1 is 1.12 bits per heavy atom. The molecule has 5 rings (SSSR count). The van der Waals surface area contributed by atoms with Crippen LogP contribution in [0.4, 0.5) is 18.9 Å². The molecule has 1 saturated heterocycles. The van der Waals surface area contributed by atoms with Gasteiger partial charge >= 0.3 is 0 Å². The van der Waals surface area contributed by atoms with Gasteiger partial charge in [0.25, 0.3) is 5.91 Å². The van der Waals surface area contributed by atoms with Crippen LogP contribution in [0, 0.1) is 17.5 Å². The lowest BCUT2D eigenvalue weighted by atomic mass is 9.85. The van der Waals surface area contributed by atoms with Crippen molar-refractivity contribution in [2.75, 3.05) is 18.6 Å². The Balaban J connectivity index is 1.53. The topological polar surface area (TPSA) is 130 Å². The van der Waals surface area contributed by atoms with Crippen molar-refractivity contribution in [2.24, 2.45) is 0 Å². The standard InChI is InChI=1S/C26H25Br2F3N4O6/c1-40-24-22(34-9-17(32-33-34)11-4-15(29)21(31)16(30)5-11)23(38)20(10-36)41-25(24)26(39)35(18-2-3-19(18)37)14-7-12(27)6-13(28)8-14/h4-9,18-20,22-25,36-38H,2-3,10H2,1H3/t18-,19-,20?,22?,23?,24?,25?/m0/s1. The van der Waals surface area contributed by atoms with Crippen molar-refractivity contribution in [1.82, 2.24) is 15.0 Å². The third kappa shape index (κ3) is 5.68. The number of aliphatic hydroxyl groups is 3. The van der Waals surface area contributed by atoms with Crippen molar-refractivity contribution in [2.45, 2.75) is 55.4 Å². The first kappa shape index (κ1) is 30.1. The first-order valence-electron chi connectivity index (χ1n) is 12.5. The van der Waals surface area contributed by atoms with Crippen molar-refractivity contribution in [1.29, 1.82) is 0 Å². The Kier molecular flexibility index (Phi) is 8.85. The third-order valence-corrected chi connectivity index (χ3v) is 8.29. The molecule has 0 spiro atoms. The first-order valence-corrected chi connectivity index (χ1v) is 14.1. The van der Waals surface area contributed by atoms with Crippen molar-refractivity contribution >= 4 is 43.5 Å². The number of benzene rings is 2. The van der Waals surface area contributed by atoms with E-state index in [1.807, 2.05) is 0 Å². The molecule has 1 amide bonds. The zero-order valence-corrected chi connectivity index (χ0v) is 24.5. The Morgan fingerprint density at radius 2 is 1.78 bits per heavy atom. The number of halogens is 5. The molecule has 2 aliphatic rings. The molecule has 1 saturated carbocycles. The highest BCUT2D eigenvalue weighted by atomic mass is 79.9. The van der Waals surface area contributed by atoms with E-state index in [0.717, 1.165) is 16.8 Å². The highest BCUT2D eigenvalue weighted by Gasteiger charge is 2.52. The van der Waals surface area contributed by atoms with Gasteiger partial charge in [0.15, 0.2) is 23.6 Å². The van der Waals surface area contributed by atoms with E-state index < -0.39 is 72.6 Å². The van der Waals surface area contributed by atoms with E-state index in [-0.39, 0.29) is 11.3 Å². The van der Waals surface area contributed by atoms with Gasteiger partial charge in [-0.25, -0.2) is 17.9 Å². The Labute approximate surface area is 248 Å². The van der Waals surface area contributed by atoms with Gasteiger partial charge in [-0.05, 0) is 43.2 Å². The van der Waals surface area contributed by atoms with Crippen molar-refractivity contribution in [3.05, 3.63) is 62.9 Å². The van der Waals surface area contributed by atoms with Crippen LogP contribution in [-0.2, 0) is 14.3 Å². The summed E-state index contributed by atoms with van der Waals surface area (Å²) in [5.41, 5.74) is 0.308. The second-order valence-electron chi connectivity index (χ2n) is 9.84. The fourth-order valence-corrected chi connectivity index (χ4v) is 6.45. The van der Waals surface area contributed by atoms with Gasteiger partial charge in [-0.15, -0.1) is 5.10 Å². The molecule has 0 radical (unpaired) electrons. The van der Waals surface area contributed by atoms with Crippen molar-refractivity contribution in [3.63, 3.8) is 0 Å². The Hall–Kier alpha value is -2.40. The molecular weight excluding hydrogens is 681 g/mol. The van der Waals surface area contributed by atoms with Crippen LogP contribution in [0.2, 0.25) is 0 Å². The minimum Gasteiger partial charge on any atom is -0.394 e. The predicted molar refractivity (Wildman–Crippen MR) is 145 cm³/mol. The van der Waals surface area contributed by atoms with Crippen molar-refractivity contribution < 1.29 is 42.8 Å². The molecule has 1 aliphatic heterocycles. The van der Waals surface area contributed by atoms with Gasteiger partial charge in [0.05, 0.1) is 24.9 Å². The second kappa shape index (κ2) is 12.1. The number of carbonyl (C=O) groups is 1. The Morgan fingerprint density at radius 3 is 2.32 bits per heavy atom. The minimum absolute atomic E-state index is 0.0435. The van der Waals surface area contributed by atoms with Crippen LogP contribution in [0.25, 0.3) is 11.3 Å².